The Morgan fingerprint density at radius 3 is 1.64 bits per heavy atom. The summed E-state index contributed by atoms with van der Waals surface area (Å²) in [5, 5.41) is 5.85. The van der Waals surface area contributed by atoms with Gasteiger partial charge < -0.3 is 19.6 Å². The van der Waals surface area contributed by atoms with Crippen LogP contribution in [0.4, 0.5) is 51.2 Å². The summed E-state index contributed by atoms with van der Waals surface area (Å²) in [4.78, 5) is 15.2. The van der Waals surface area contributed by atoms with Crippen molar-refractivity contribution in [2.24, 2.45) is 0 Å². The van der Waals surface area contributed by atoms with Crippen LogP contribution in [0.5, 0.6) is 0 Å². The van der Waals surface area contributed by atoms with Crippen LogP contribution in [-0.2, 0) is 0 Å². The van der Waals surface area contributed by atoms with Crippen LogP contribution in [0, 0.1) is 0 Å². The van der Waals surface area contributed by atoms with E-state index in [1.807, 2.05) is 0 Å². The molecule has 0 amide bonds. The molecule has 70 heavy (non-hydrogen) atoms. The van der Waals surface area contributed by atoms with Gasteiger partial charge >= 0.3 is 0 Å². The Kier molecular flexibility index (Phi) is 9.41. The SMILES string of the molecule is C1=CCC(N2C3=C(CCC=C3)N(c3ccccc3)c3cc(-c4c5ccccc5c(-c5ccc6c(c5)N(c5ccccc5)c5ccccc5N6c5ccccc5)c5cnc6ccccc6c45)ccc32)C=C1. The molecule has 1 aromatic heterocycles. The fraction of sp³-hybridized carbons (Fsp3) is 0.0615. The minimum atomic E-state index is 0.207. The molecule has 4 aliphatic rings. The summed E-state index contributed by atoms with van der Waals surface area (Å²) in [5.74, 6) is 0. The van der Waals surface area contributed by atoms with Gasteiger partial charge in [0, 0.05) is 45.1 Å². The van der Waals surface area contributed by atoms with Gasteiger partial charge in [0.25, 0.3) is 0 Å². The van der Waals surface area contributed by atoms with Crippen molar-refractivity contribution in [3.05, 3.63) is 254 Å². The maximum absolute atomic E-state index is 5.24. The number of anilines is 9. The molecule has 0 saturated heterocycles. The van der Waals surface area contributed by atoms with Crippen LogP contribution in [0.3, 0.4) is 0 Å². The van der Waals surface area contributed by atoms with Gasteiger partial charge in [-0.3, -0.25) is 4.98 Å². The quantitative estimate of drug-likeness (QED) is 0.122. The topological polar surface area (TPSA) is 25.9 Å². The summed E-state index contributed by atoms with van der Waals surface area (Å²) in [6.45, 7) is 0. The molecule has 0 fully saturated rings. The third-order valence-corrected chi connectivity index (χ3v) is 14.6. The zero-order chi connectivity index (χ0) is 46.1. The summed E-state index contributed by atoms with van der Waals surface area (Å²) >= 11 is 0. The number of benzene rings is 9. The van der Waals surface area contributed by atoms with Crippen molar-refractivity contribution in [2.75, 3.05) is 19.6 Å². The zero-order valence-electron chi connectivity index (χ0n) is 38.5. The largest absolute Gasteiger partial charge is 0.331 e. The second-order valence-corrected chi connectivity index (χ2v) is 18.5. The molecule has 14 rings (SSSR count). The summed E-state index contributed by atoms with van der Waals surface area (Å²) in [6.07, 6.45) is 18.8. The number of aromatic nitrogens is 1. The number of allylic oxidation sites excluding steroid dienone is 5. The average molecular weight is 898 g/mol. The fourth-order valence-electron chi connectivity index (χ4n) is 11.7. The van der Waals surface area contributed by atoms with Crippen molar-refractivity contribution < 1.29 is 0 Å². The van der Waals surface area contributed by atoms with Crippen LogP contribution >= 0.6 is 0 Å². The minimum absolute atomic E-state index is 0.207. The van der Waals surface area contributed by atoms with Crippen molar-refractivity contribution >= 4 is 83.6 Å². The fourth-order valence-corrected chi connectivity index (χ4v) is 11.7. The highest BCUT2D eigenvalue weighted by Gasteiger charge is 2.36. The third-order valence-electron chi connectivity index (χ3n) is 14.6. The lowest BCUT2D eigenvalue weighted by atomic mass is 9.84. The Morgan fingerprint density at radius 1 is 0.429 bits per heavy atom. The Hall–Kier alpha value is -8.93. The highest BCUT2D eigenvalue weighted by molar-refractivity contribution is 6.27. The van der Waals surface area contributed by atoms with Gasteiger partial charge in [-0.1, -0.05) is 152 Å². The lowest BCUT2D eigenvalue weighted by molar-refractivity contribution is 0.728. The maximum atomic E-state index is 5.24. The van der Waals surface area contributed by atoms with E-state index in [2.05, 4.69) is 262 Å². The number of hydrogen-bond donors (Lipinski definition) is 0. The van der Waals surface area contributed by atoms with Gasteiger partial charge in [0.1, 0.15) is 0 Å². The molecule has 1 atom stereocenters. The average Bonchev–Trinajstić information content (AvgIpc) is 3.44. The molecule has 5 heteroatoms. The molecule has 2 aliphatic carbocycles. The Labute approximate surface area is 408 Å². The minimum Gasteiger partial charge on any atom is -0.331 e. The first-order valence-electron chi connectivity index (χ1n) is 24.5. The Bertz CT molecular complexity index is 3830. The molecule has 332 valence electrons. The summed E-state index contributed by atoms with van der Waals surface area (Å²) in [7, 11) is 0. The van der Waals surface area contributed by atoms with E-state index in [1.165, 1.54) is 61.3 Å². The number of hydrogen-bond acceptors (Lipinski definition) is 5. The lowest BCUT2D eigenvalue weighted by Gasteiger charge is -2.45. The number of para-hydroxylation sites is 6. The van der Waals surface area contributed by atoms with Crippen LogP contribution in [-0.4, -0.2) is 11.0 Å². The third kappa shape index (κ3) is 6.28. The van der Waals surface area contributed by atoms with Crippen LogP contribution in [0.2, 0.25) is 0 Å². The maximum Gasteiger partial charge on any atom is 0.0709 e. The molecule has 0 radical (unpaired) electrons. The molecule has 2 aliphatic heterocycles. The van der Waals surface area contributed by atoms with E-state index < -0.39 is 0 Å². The number of rotatable bonds is 6. The predicted molar refractivity (Wildman–Crippen MR) is 294 cm³/mol. The highest BCUT2D eigenvalue weighted by atomic mass is 15.3. The second kappa shape index (κ2) is 16.4. The summed E-state index contributed by atoms with van der Waals surface area (Å²) in [5.41, 5.74) is 18.6. The molecule has 0 N–H and O–H groups in total. The van der Waals surface area contributed by atoms with Crippen molar-refractivity contribution in [1.82, 2.24) is 4.98 Å². The molecule has 3 heterocycles. The molecule has 5 nitrogen and oxygen atoms in total. The standard InChI is InChI=1S/C65H47N5/c1-5-21-46(22-6-1)67-55-33-17-19-35-57(55)69(48-25-9-3-10-26-48)61-41-44(37-39-59(61)67)63-50-29-13-14-30-51(50)64(65-52-31-15-16-32-54(52)66-43-53(63)65)45-38-40-60-62(42-45)70(49-27-11-4-12-28-49)58-36-20-18-34-56(58)68(60)47-23-7-2-8-24-47/h1-19,21-23,25-35,37-43,47H,20,24,36H2. The summed E-state index contributed by atoms with van der Waals surface area (Å²) in [6, 6.07) is 73.4. The van der Waals surface area contributed by atoms with E-state index in [0.717, 1.165) is 75.2 Å². The van der Waals surface area contributed by atoms with Crippen molar-refractivity contribution in [3.63, 3.8) is 0 Å². The molecule has 0 saturated carbocycles. The lowest BCUT2D eigenvalue weighted by Crippen LogP contribution is -2.40. The molecule has 1 unspecified atom stereocenters. The normalized spacial score (nSPS) is 15.9. The van der Waals surface area contributed by atoms with E-state index in [4.69, 9.17) is 4.98 Å². The van der Waals surface area contributed by atoms with Crippen molar-refractivity contribution in [2.45, 2.75) is 25.3 Å². The monoisotopic (exact) mass is 897 g/mol. The first-order chi connectivity index (χ1) is 34.8. The van der Waals surface area contributed by atoms with Crippen LogP contribution in [0.25, 0.3) is 54.7 Å². The van der Waals surface area contributed by atoms with E-state index >= 15 is 0 Å². The van der Waals surface area contributed by atoms with Gasteiger partial charge in [-0.05, 0) is 137 Å². The molecule has 0 spiro atoms. The number of pyridine rings is 1. The van der Waals surface area contributed by atoms with Gasteiger partial charge in [0.15, 0.2) is 0 Å². The van der Waals surface area contributed by atoms with Crippen LogP contribution in [0.1, 0.15) is 19.3 Å². The second-order valence-electron chi connectivity index (χ2n) is 18.5. The molecule has 10 aromatic rings. The first kappa shape index (κ1) is 40.2. The van der Waals surface area contributed by atoms with Gasteiger partial charge in [-0.25, -0.2) is 0 Å². The van der Waals surface area contributed by atoms with Crippen LogP contribution < -0.4 is 19.6 Å². The molecular formula is C65H47N5. The Balaban J connectivity index is 1.04. The van der Waals surface area contributed by atoms with Crippen molar-refractivity contribution in [3.8, 4) is 22.3 Å². The molecular weight excluding hydrogens is 851 g/mol. The predicted octanol–water partition coefficient (Wildman–Crippen LogP) is 17.5. The van der Waals surface area contributed by atoms with Gasteiger partial charge in [0.05, 0.1) is 51.4 Å². The van der Waals surface area contributed by atoms with E-state index in [1.54, 1.807) is 0 Å². The number of nitrogens with zero attached hydrogens (tertiary/aromatic N) is 5. The Morgan fingerprint density at radius 2 is 0.971 bits per heavy atom. The number of fused-ring (bicyclic) bond motifs is 7. The van der Waals surface area contributed by atoms with Gasteiger partial charge in [-0.15, -0.1) is 0 Å². The summed E-state index contributed by atoms with van der Waals surface area (Å²) < 4.78 is 0. The first-order valence-corrected chi connectivity index (χ1v) is 24.5. The van der Waals surface area contributed by atoms with E-state index in [9.17, 15) is 0 Å². The highest BCUT2D eigenvalue weighted by Crippen LogP contribution is 2.57. The van der Waals surface area contributed by atoms with E-state index in [-0.39, 0.29) is 6.04 Å². The van der Waals surface area contributed by atoms with Gasteiger partial charge in [-0.2, -0.15) is 0 Å². The smallest absolute Gasteiger partial charge is 0.0709 e. The molecule has 9 aromatic carbocycles. The van der Waals surface area contributed by atoms with Gasteiger partial charge in [0.2, 0.25) is 0 Å². The van der Waals surface area contributed by atoms with Crippen LogP contribution in [0.15, 0.2) is 254 Å². The zero-order valence-corrected chi connectivity index (χ0v) is 38.5. The molecule has 0 bridgehead atoms. The van der Waals surface area contributed by atoms with Crippen molar-refractivity contribution in [1.29, 1.82) is 0 Å². The van der Waals surface area contributed by atoms with E-state index in [0.29, 0.717) is 0 Å².